The second kappa shape index (κ2) is 5.24. The molecule has 3 aliphatic heterocycles. The first kappa shape index (κ1) is 14.8. The number of nitrogens with zero attached hydrogens (tertiary/aromatic N) is 3. The van der Waals surface area contributed by atoms with E-state index in [0.717, 1.165) is 0 Å². The minimum absolute atomic E-state index is 0.107. The Morgan fingerprint density at radius 2 is 2.05 bits per heavy atom. The van der Waals surface area contributed by atoms with Crippen LogP contribution in [0.5, 0.6) is 0 Å². The largest absolute Gasteiger partial charge is 0.480 e. The molecule has 3 rings (SSSR count). The topological polar surface area (TPSA) is 107 Å². The minimum atomic E-state index is -3.43. The van der Waals surface area contributed by atoms with E-state index in [0.29, 0.717) is 25.0 Å². The van der Waals surface area contributed by atoms with Crippen LogP contribution in [0.1, 0.15) is 12.8 Å². The maximum atomic E-state index is 12.5. The maximum absolute atomic E-state index is 12.5. The Hall–Kier alpha value is -2.16. The third-order valence-electron chi connectivity index (χ3n) is 3.87. The van der Waals surface area contributed by atoms with Gasteiger partial charge in [0.2, 0.25) is 0 Å². The van der Waals surface area contributed by atoms with E-state index in [1.54, 1.807) is 4.90 Å². The highest BCUT2D eigenvalue weighted by molar-refractivity contribution is 7.90. The number of carbonyl (C=O) groups excluding carboxylic acids is 1. The molecule has 9 heteroatoms. The van der Waals surface area contributed by atoms with Crippen LogP contribution >= 0.6 is 0 Å². The molecule has 0 radical (unpaired) electrons. The fourth-order valence-corrected chi connectivity index (χ4v) is 3.73. The second-order valence-corrected chi connectivity index (χ2v) is 7.10. The van der Waals surface area contributed by atoms with E-state index in [4.69, 9.17) is 5.11 Å². The molecule has 8 nitrogen and oxygen atoms in total. The molecule has 1 amide bonds. The second-order valence-electron chi connectivity index (χ2n) is 5.34. The number of hydrogen-bond acceptors (Lipinski definition) is 5. The first-order chi connectivity index (χ1) is 10.4. The van der Waals surface area contributed by atoms with E-state index in [1.165, 1.54) is 23.3 Å². The van der Waals surface area contributed by atoms with Gasteiger partial charge in [0, 0.05) is 19.3 Å². The number of aliphatic carboxylic acids is 1. The Morgan fingerprint density at radius 3 is 2.77 bits per heavy atom. The average Bonchev–Trinajstić information content (AvgIpc) is 2.94. The van der Waals surface area contributed by atoms with Crippen LogP contribution in [0.15, 0.2) is 28.3 Å². The lowest BCUT2D eigenvalue weighted by Gasteiger charge is -2.29. The van der Waals surface area contributed by atoms with Gasteiger partial charge in [-0.15, -0.1) is 4.40 Å². The van der Waals surface area contributed by atoms with E-state index in [1.807, 2.05) is 0 Å². The average molecular weight is 325 g/mol. The van der Waals surface area contributed by atoms with Crippen molar-refractivity contribution in [3.05, 3.63) is 23.9 Å². The molecule has 1 atom stereocenters. The first-order valence-electron chi connectivity index (χ1n) is 6.90. The van der Waals surface area contributed by atoms with Gasteiger partial charge in [0.05, 0.1) is 11.3 Å². The molecule has 22 heavy (non-hydrogen) atoms. The Balaban J connectivity index is 1.83. The van der Waals surface area contributed by atoms with E-state index >= 15 is 0 Å². The van der Waals surface area contributed by atoms with Gasteiger partial charge in [-0.3, -0.25) is 4.79 Å². The summed E-state index contributed by atoms with van der Waals surface area (Å²) in [6, 6.07) is -0.793. The molecule has 0 unspecified atom stereocenters. The number of carboxylic acids is 1. The van der Waals surface area contributed by atoms with Crippen molar-refractivity contribution in [2.45, 2.75) is 18.9 Å². The van der Waals surface area contributed by atoms with Crippen molar-refractivity contribution in [2.75, 3.05) is 18.8 Å². The number of likely N-dealkylation sites (tertiary alicyclic amines) is 1. The number of carboxylic acid groups (broad SMARTS) is 1. The van der Waals surface area contributed by atoms with Gasteiger partial charge in [0.25, 0.3) is 15.9 Å². The Labute approximate surface area is 127 Å². The zero-order valence-corrected chi connectivity index (χ0v) is 12.5. The summed E-state index contributed by atoms with van der Waals surface area (Å²) in [5.74, 6) is -1.19. The fourth-order valence-electron chi connectivity index (χ4n) is 2.76. The standard InChI is InChI=1S/C13H15N3O5S/c17-12(16-5-1-2-10(16)13(18)19)9-3-4-11-14-22(20,21)7-6-15(11)8-9/h3-4,8,10H,1-2,5-7H2,(H,18,19)/t10-/m1/s1. The van der Waals surface area contributed by atoms with E-state index in [2.05, 4.69) is 4.40 Å². The Bertz CT molecular complexity index is 722. The molecule has 1 saturated heterocycles. The molecule has 0 aromatic rings. The summed E-state index contributed by atoms with van der Waals surface area (Å²) >= 11 is 0. The molecule has 1 fully saturated rings. The predicted octanol–water partition coefficient (Wildman–Crippen LogP) is -0.440. The van der Waals surface area contributed by atoms with Gasteiger partial charge in [-0.1, -0.05) is 0 Å². The number of sulfonamides is 1. The predicted molar refractivity (Wildman–Crippen MR) is 77.5 cm³/mol. The van der Waals surface area contributed by atoms with Gasteiger partial charge in [-0.05, 0) is 25.0 Å². The van der Waals surface area contributed by atoms with Crippen molar-refractivity contribution in [3.63, 3.8) is 0 Å². The number of carbonyl (C=O) groups is 2. The summed E-state index contributed by atoms with van der Waals surface area (Å²) in [6.07, 6.45) is 5.60. The third-order valence-corrected chi connectivity index (χ3v) is 5.03. The highest BCUT2D eigenvalue weighted by Gasteiger charge is 2.35. The fraction of sp³-hybridized carbons (Fsp3) is 0.462. The quantitative estimate of drug-likeness (QED) is 0.737. The van der Waals surface area contributed by atoms with Gasteiger partial charge < -0.3 is 14.9 Å². The normalized spacial score (nSPS) is 26.3. The molecule has 0 aromatic heterocycles. The highest BCUT2D eigenvalue weighted by Crippen LogP contribution is 2.23. The van der Waals surface area contributed by atoms with Crippen molar-refractivity contribution in [1.29, 1.82) is 0 Å². The minimum Gasteiger partial charge on any atom is -0.480 e. The third kappa shape index (κ3) is 2.63. The maximum Gasteiger partial charge on any atom is 0.326 e. The monoisotopic (exact) mass is 325 g/mol. The summed E-state index contributed by atoms with van der Waals surface area (Å²) in [7, 11) is -3.43. The molecule has 1 N–H and O–H groups in total. The summed E-state index contributed by atoms with van der Waals surface area (Å²) < 4.78 is 26.5. The number of hydrogen-bond donors (Lipinski definition) is 1. The SMILES string of the molecule is O=C(O)[C@H]1CCCN1C(=O)C1=CN2CCS(=O)(=O)N=C2C=C1. The van der Waals surface area contributed by atoms with Crippen molar-refractivity contribution in [2.24, 2.45) is 4.40 Å². The first-order valence-corrected chi connectivity index (χ1v) is 8.51. The summed E-state index contributed by atoms with van der Waals surface area (Å²) in [4.78, 5) is 26.6. The number of amides is 1. The van der Waals surface area contributed by atoms with Gasteiger partial charge in [0.15, 0.2) is 0 Å². The molecular weight excluding hydrogens is 310 g/mol. The van der Waals surface area contributed by atoms with Gasteiger partial charge in [-0.2, -0.15) is 0 Å². The highest BCUT2D eigenvalue weighted by atomic mass is 32.2. The molecular formula is C13H15N3O5S. The molecule has 0 spiro atoms. The number of amidine groups is 1. The van der Waals surface area contributed by atoms with Gasteiger partial charge in [-0.25, -0.2) is 13.2 Å². The molecule has 3 aliphatic rings. The number of rotatable bonds is 2. The van der Waals surface area contributed by atoms with Crippen molar-refractivity contribution < 1.29 is 23.1 Å². The van der Waals surface area contributed by atoms with Crippen LogP contribution < -0.4 is 0 Å². The van der Waals surface area contributed by atoms with Gasteiger partial charge in [0.1, 0.15) is 11.9 Å². The lowest BCUT2D eigenvalue weighted by molar-refractivity contribution is -0.146. The Morgan fingerprint density at radius 1 is 1.27 bits per heavy atom. The van der Waals surface area contributed by atoms with Crippen LogP contribution in [0, 0.1) is 0 Å². The number of fused-ring (bicyclic) bond motifs is 1. The molecule has 0 bridgehead atoms. The molecule has 0 aliphatic carbocycles. The van der Waals surface area contributed by atoms with Gasteiger partial charge >= 0.3 is 5.97 Å². The zero-order chi connectivity index (χ0) is 15.9. The summed E-state index contributed by atoms with van der Waals surface area (Å²) in [5.41, 5.74) is 0.339. The van der Waals surface area contributed by atoms with E-state index in [9.17, 15) is 18.0 Å². The van der Waals surface area contributed by atoms with Crippen molar-refractivity contribution in [1.82, 2.24) is 9.80 Å². The van der Waals surface area contributed by atoms with Crippen LogP contribution in [0.2, 0.25) is 0 Å². The van der Waals surface area contributed by atoms with Crippen LogP contribution in [0.3, 0.4) is 0 Å². The lowest BCUT2D eigenvalue weighted by atomic mass is 10.1. The zero-order valence-electron chi connectivity index (χ0n) is 11.7. The summed E-state index contributed by atoms with van der Waals surface area (Å²) in [5, 5.41) is 9.15. The summed E-state index contributed by atoms with van der Waals surface area (Å²) in [6.45, 7) is 0.640. The van der Waals surface area contributed by atoms with Crippen LogP contribution in [0.25, 0.3) is 0 Å². The van der Waals surface area contributed by atoms with Crippen molar-refractivity contribution in [3.8, 4) is 0 Å². The lowest BCUT2D eigenvalue weighted by Crippen LogP contribution is -2.43. The van der Waals surface area contributed by atoms with E-state index in [-0.39, 0.29) is 24.0 Å². The molecule has 3 heterocycles. The van der Waals surface area contributed by atoms with E-state index < -0.39 is 22.0 Å². The molecule has 0 saturated carbocycles. The van der Waals surface area contributed by atoms with Crippen LogP contribution in [0.4, 0.5) is 0 Å². The molecule has 118 valence electrons. The van der Waals surface area contributed by atoms with Crippen molar-refractivity contribution >= 4 is 27.7 Å². The Kier molecular flexibility index (Phi) is 3.51. The van der Waals surface area contributed by atoms with Crippen LogP contribution in [-0.2, 0) is 19.6 Å². The smallest absolute Gasteiger partial charge is 0.326 e. The van der Waals surface area contributed by atoms with Crippen LogP contribution in [-0.4, -0.2) is 65.9 Å². The molecule has 0 aromatic carbocycles.